The van der Waals surface area contributed by atoms with Crippen LogP contribution in [0.5, 0.6) is 0 Å². The van der Waals surface area contributed by atoms with Crippen molar-refractivity contribution in [3.63, 3.8) is 0 Å². The largest absolute Gasteiger partial charge is 0.357 e. The Balaban J connectivity index is 0.00000364. The normalized spacial score (nSPS) is 18.2. The Hall–Kier alpha value is -1.31. The van der Waals surface area contributed by atoms with Gasteiger partial charge in [-0.1, -0.05) is 50.6 Å². The molecule has 1 aromatic carbocycles. The lowest BCUT2D eigenvalue weighted by atomic mass is 10.00. The molecular weight excluding hydrogens is 451 g/mol. The van der Waals surface area contributed by atoms with Crippen LogP contribution in [0.15, 0.2) is 29.3 Å². The number of carbonyl (C=O) groups is 1. The molecule has 6 heteroatoms. The van der Waals surface area contributed by atoms with Gasteiger partial charge in [-0.2, -0.15) is 0 Å². The highest BCUT2D eigenvalue weighted by atomic mass is 127. The van der Waals surface area contributed by atoms with Gasteiger partial charge >= 0.3 is 0 Å². The van der Waals surface area contributed by atoms with Gasteiger partial charge in [-0.15, -0.1) is 24.0 Å². The van der Waals surface area contributed by atoms with E-state index in [9.17, 15) is 4.79 Å². The van der Waals surface area contributed by atoms with Crippen LogP contribution in [0.25, 0.3) is 0 Å². The molecule has 2 unspecified atom stereocenters. The van der Waals surface area contributed by atoms with Crippen LogP contribution in [0.3, 0.4) is 0 Å². The number of rotatable bonds is 6. The summed E-state index contributed by atoms with van der Waals surface area (Å²) in [5.41, 5.74) is 2.60. The topological polar surface area (TPSA) is 56.7 Å². The summed E-state index contributed by atoms with van der Waals surface area (Å²) in [4.78, 5) is 18.9. The molecule has 0 radical (unpaired) electrons. The summed E-state index contributed by atoms with van der Waals surface area (Å²) < 4.78 is 0. The van der Waals surface area contributed by atoms with E-state index >= 15 is 0 Å². The van der Waals surface area contributed by atoms with Crippen LogP contribution >= 0.6 is 24.0 Å². The number of aliphatic imine (C=N–C) groups is 1. The van der Waals surface area contributed by atoms with E-state index in [1.165, 1.54) is 11.1 Å². The van der Waals surface area contributed by atoms with Gasteiger partial charge in [0.1, 0.15) is 0 Å². The second kappa shape index (κ2) is 11.5. The molecule has 27 heavy (non-hydrogen) atoms. The highest BCUT2D eigenvalue weighted by Crippen LogP contribution is 2.17. The number of halogens is 1. The Labute approximate surface area is 181 Å². The average Bonchev–Trinajstić information content (AvgIpc) is 3.07. The minimum Gasteiger partial charge on any atom is -0.357 e. The number of nitrogens with one attached hydrogen (secondary N) is 2. The third-order valence-corrected chi connectivity index (χ3v) is 4.81. The average molecular weight is 486 g/mol. The van der Waals surface area contributed by atoms with Crippen LogP contribution < -0.4 is 10.6 Å². The minimum absolute atomic E-state index is 0. The van der Waals surface area contributed by atoms with E-state index in [4.69, 9.17) is 4.99 Å². The fourth-order valence-electron chi connectivity index (χ4n) is 3.27. The van der Waals surface area contributed by atoms with Crippen molar-refractivity contribution in [1.29, 1.82) is 0 Å². The van der Waals surface area contributed by atoms with Crippen LogP contribution in [0.1, 0.15) is 51.2 Å². The van der Waals surface area contributed by atoms with Gasteiger partial charge in [0.15, 0.2) is 5.96 Å². The molecule has 1 saturated heterocycles. The van der Waals surface area contributed by atoms with E-state index in [0.717, 1.165) is 38.6 Å². The molecule has 1 fully saturated rings. The number of hydrogen-bond acceptors (Lipinski definition) is 2. The Morgan fingerprint density at radius 2 is 2.07 bits per heavy atom. The predicted molar refractivity (Wildman–Crippen MR) is 124 cm³/mol. The van der Waals surface area contributed by atoms with Gasteiger partial charge in [-0.05, 0) is 25.8 Å². The zero-order valence-corrected chi connectivity index (χ0v) is 19.6. The number of hydrogen-bond donors (Lipinski definition) is 2. The maximum Gasteiger partial charge on any atom is 0.225 e. The van der Waals surface area contributed by atoms with Crippen LogP contribution in [-0.2, 0) is 4.79 Å². The van der Waals surface area contributed by atoms with Crippen LogP contribution in [-0.4, -0.2) is 49.0 Å². The van der Waals surface area contributed by atoms with Gasteiger partial charge in [0.2, 0.25) is 5.91 Å². The fourth-order valence-corrected chi connectivity index (χ4v) is 3.27. The third-order valence-electron chi connectivity index (χ3n) is 4.81. The van der Waals surface area contributed by atoms with Crippen molar-refractivity contribution in [3.8, 4) is 0 Å². The van der Waals surface area contributed by atoms with E-state index in [1.54, 1.807) is 0 Å². The van der Waals surface area contributed by atoms with Crippen molar-refractivity contribution in [2.24, 2.45) is 10.9 Å². The summed E-state index contributed by atoms with van der Waals surface area (Å²) in [6.45, 7) is 13.5. The highest BCUT2D eigenvalue weighted by Gasteiger charge is 2.27. The third kappa shape index (κ3) is 7.31. The second-order valence-corrected chi connectivity index (χ2v) is 7.60. The quantitative estimate of drug-likeness (QED) is 0.368. The van der Waals surface area contributed by atoms with E-state index in [-0.39, 0.29) is 41.8 Å². The monoisotopic (exact) mass is 486 g/mol. The van der Waals surface area contributed by atoms with Gasteiger partial charge in [0.05, 0.1) is 0 Å². The molecule has 1 aliphatic heterocycles. The van der Waals surface area contributed by atoms with Crippen LogP contribution in [0.4, 0.5) is 0 Å². The molecule has 1 aromatic rings. The first-order valence-corrected chi connectivity index (χ1v) is 9.80. The number of guanidine groups is 1. The zero-order chi connectivity index (χ0) is 19.1. The van der Waals surface area contributed by atoms with E-state index in [1.807, 2.05) is 18.7 Å². The standard InChI is InChI=1S/C21H34N4O.HI/c1-6-22-21(23-13-17(5)18-9-7-8-16(4)12-18)24-19-10-11-25(14-19)20(26)15(2)3;/h7-9,12,15,17,19H,6,10-11,13-14H2,1-5H3,(H2,22,23,24);1H. The van der Waals surface area contributed by atoms with E-state index < -0.39 is 0 Å². The first-order valence-electron chi connectivity index (χ1n) is 9.80. The minimum atomic E-state index is 0. The molecule has 152 valence electrons. The number of aryl methyl sites for hydroxylation is 1. The maximum atomic E-state index is 12.2. The summed E-state index contributed by atoms with van der Waals surface area (Å²) in [6, 6.07) is 8.89. The summed E-state index contributed by atoms with van der Waals surface area (Å²) in [6.07, 6.45) is 0.969. The molecular formula is C21H35IN4O. The lowest BCUT2D eigenvalue weighted by Gasteiger charge is -2.20. The molecule has 0 aliphatic carbocycles. The van der Waals surface area contributed by atoms with Crippen LogP contribution in [0, 0.1) is 12.8 Å². The molecule has 1 heterocycles. The molecule has 0 spiro atoms. The number of nitrogens with zero attached hydrogens (tertiary/aromatic N) is 2. The maximum absolute atomic E-state index is 12.2. The van der Waals surface area contributed by atoms with E-state index in [0.29, 0.717) is 5.92 Å². The van der Waals surface area contributed by atoms with Crippen molar-refractivity contribution in [3.05, 3.63) is 35.4 Å². The highest BCUT2D eigenvalue weighted by molar-refractivity contribution is 14.0. The predicted octanol–water partition coefficient (Wildman–Crippen LogP) is 3.53. The Kier molecular flexibility index (Phi) is 10.1. The number of amides is 1. The zero-order valence-electron chi connectivity index (χ0n) is 17.3. The molecule has 2 N–H and O–H groups in total. The molecule has 1 aliphatic rings. The van der Waals surface area contributed by atoms with Crippen molar-refractivity contribution in [1.82, 2.24) is 15.5 Å². The van der Waals surface area contributed by atoms with Gasteiger partial charge in [0, 0.05) is 44.1 Å². The molecule has 0 bridgehead atoms. The molecule has 0 saturated carbocycles. The fraction of sp³-hybridized carbons (Fsp3) is 0.619. The molecule has 2 atom stereocenters. The lowest BCUT2D eigenvalue weighted by molar-refractivity contribution is -0.133. The molecule has 1 amide bonds. The summed E-state index contributed by atoms with van der Waals surface area (Å²) in [7, 11) is 0. The SMILES string of the molecule is CCNC(=NCC(C)c1cccc(C)c1)NC1CCN(C(=O)C(C)C)C1.I. The molecule has 2 rings (SSSR count). The van der Waals surface area contributed by atoms with Gasteiger partial charge in [0.25, 0.3) is 0 Å². The number of carbonyl (C=O) groups excluding carboxylic acids is 1. The van der Waals surface area contributed by atoms with Gasteiger partial charge in [-0.25, -0.2) is 0 Å². The Bertz CT molecular complexity index is 632. The molecule has 5 nitrogen and oxygen atoms in total. The van der Waals surface area contributed by atoms with E-state index in [2.05, 4.69) is 55.7 Å². The van der Waals surface area contributed by atoms with Crippen molar-refractivity contribution < 1.29 is 4.79 Å². The van der Waals surface area contributed by atoms with Crippen molar-refractivity contribution in [2.45, 2.75) is 53.0 Å². The first kappa shape index (κ1) is 23.7. The summed E-state index contributed by atoms with van der Waals surface area (Å²) in [5, 5.41) is 6.83. The Morgan fingerprint density at radius 1 is 1.33 bits per heavy atom. The summed E-state index contributed by atoms with van der Waals surface area (Å²) >= 11 is 0. The first-order chi connectivity index (χ1) is 12.4. The van der Waals surface area contributed by atoms with Crippen LogP contribution in [0.2, 0.25) is 0 Å². The Morgan fingerprint density at radius 3 is 2.70 bits per heavy atom. The number of likely N-dealkylation sites (tertiary alicyclic amines) is 1. The van der Waals surface area contributed by atoms with Crippen molar-refractivity contribution in [2.75, 3.05) is 26.2 Å². The van der Waals surface area contributed by atoms with Gasteiger partial charge < -0.3 is 15.5 Å². The van der Waals surface area contributed by atoms with Gasteiger partial charge in [-0.3, -0.25) is 9.79 Å². The second-order valence-electron chi connectivity index (χ2n) is 7.60. The van der Waals surface area contributed by atoms with Crippen molar-refractivity contribution >= 4 is 35.8 Å². The lowest BCUT2D eigenvalue weighted by Crippen LogP contribution is -2.45. The molecule has 0 aromatic heterocycles. The number of benzene rings is 1. The summed E-state index contributed by atoms with van der Waals surface area (Å²) in [5.74, 6) is 1.51. The smallest absolute Gasteiger partial charge is 0.225 e.